The number of carbonyl (C=O) groups is 1. The van der Waals surface area contributed by atoms with Crippen LogP contribution in [0.15, 0.2) is 18.2 Å². The molecule has 94 valence electrons. The van der Waals surface area contributed by atoms with E-state index >= 15 is 0 Å². The van der Waals surface area contributed by atoms with Crippen molar-refractivity contribution >= 4 is 22.2 Å². The fourth-order valence-corrected chi connectivity index (χ4v) is 2.52. The zero-order valence-electron chi connectivity index (χ0n) is 9.91. The van der Waals surface area contributed by atoms with Gasteiger partial charge in [0.1, 0.15) is 23.7 Å². The quantitative estimate of drug-likeness (QED) is 0.913. The van der Waals surface area contributed by atoms with E-state index in [1.54, 1.807) is 18.8 Å². The second-order valence-electron chi connectivity index (χ2n) is 4.38. The van der Waals surface area contributed by atoms with E-state index in [2.05, 4.69) is 20.4 Å². The molecule has 1 saturated carbocycles. The summed E-state index contributed by atoms with van der Waals surface area (Å²) in [5, 5.41) is 7.77. The summed E-state index contributed by atoms with van der Waals surface area (Å²) in [6.45, 7) is 1.79. The number of anilines is 1. The van der Waals surface area contributed by atoms with Crippen LogP contribution in [0.5, 0.6) is 0 Å². The number of aromatic nitrogens is 4. The van der Waals surface area contributed by atoms with Crippen LogP contribution in [0.3, 0.4) is 0 Å². The molecule has 0 spiro atoms. The molecule has 0 aromatic carbocycles. The zero-order chi connectivity index (χ0) is 12.5. The lowest BCUT2D eigenvalue weighted by molar-refractivity contribution is -0.119. The van der Waals surface area contributed by atoms with Crippen molar-refractivity contribution in [1.29, 1.82) is 0 Å². The standard InChI is InChI=1S/C11H13N5OS/c1-7(16-5-12-4-14-16)10(17)15-11-9(8-2-3-8)13-6-18-11/h4-8H,2-3H2,1H3,(H,15,17)/t7-/m0/s1. The third-order valence-corrected chi connectivity index (χ3v) is 3.77. The highest BCUT2D eigenvalue weighted by molar-refractivity contribution is 7.14. The topological polar surface area (TPSA) is 72.7 Å². The Bertz CT molecular complexity index is 546. The van der Waals surface area contributed by atoms with Gasteiger partial charge in [0, 0.05) is 5.92 Å². The number of rotatable bonds is 4. The molecule has 0 radical (unpaired) electrons. The number of hydrogen-bond donors (Lipinski definition) is 1. The number of amides is 1. The van der Waals surface area contributed by atoms with E-state index in [4.69, 9.17) is 0 Å². The van der Waals surface area contributed by atoms with E-state index in [1.807, 2.05) is 0 Å². The molecule has 1 aliphatic rings. The average molecular weight is 263 g/mol. The molecular formula is C11H13N5OS. The van der Waals surface area contributed by atoms with Gasteiger partial charge >= 0.3 is 0 Å². The molecule has 7 heteroatoms. The SMILES string of the molecule is C[C@@H](C(=O)Nc1scnc1C1CC1)n1cncn1. The number of carbonyl (C=O) groups excluding carboxylic acids is 1. The molecule has 0 aliphatic heterocycles. The first-order valence-electron chi connectivity index (χ1n) is 5.84. The molecule has 2 aromatic heterocycles. The number of hydrogen-bond acceptors (Lipinski definition) is 5. The van der Waals surface area contributed by atoms with E-state index < -0.39 is 0 Å². The van der Waals surface area contributed by atoms with Crippen LogP contribution in [0.25, 0.3) is 0 Å². The minimum atomic E-state index is -0.373. The van der Waals surface area contributed by atoms with Crippen molar-refractivity contribution in [2.24, 2.45) is 0 Å². The molecule has 0 bridgehead atoms. The molecule has 1 N–H and O–H groups in total. The molecule has 1 amide bonds. The normalized spacial score (nSPS) is 16.5. The molecule has 2 heterocycles. The van der Waals surface area contributed by atoms with Gasteiger partial charge in [0.2, 0.25) is 5.91 Å². The Morgan fingerprint density at radius 1 is 1.61 bits per heavy atom. The smallest absolute Gasteiger partial charge is 0.249 e. The van der Waals surface area contributed by atoms with Crippen molar-refractivity contribution in [3.8, 4) is 0 Å². The van der Waals surface area contributed by atoms with Crippen LogP contribution in [-0.4, -0.2) is 25.7 Å². The molecule has 3 rings (SSSR count). The first-order chi connectivity index (χ1) is 8.75. The van der Waals surface area contributed by atoms with E-state index in [-0.39, 0.29) is 11.9 Å². The number of nitrogens with one attached hydrogen (secondary N) is 1. The fraction of sp³-hybridized carbons (Fsp3) is 0.455. The third-order valence-electron chi connectivity index (χ3n) is 3.01. The maximum absolute atomic E-state index is 12.1. The lowest BCUT2D eigenvalue weighted by atomic mass is 10.3. The number of thiazole rings is 1. The Hall–Kier alpha value is -1.76. The maximum atomic E-state index is 12.1. The largest absolute Gasteiger partial charge is 0.314 e. The van der Waals surface area contributed by atoms with Gasteiger partial charge in [-0.25, -0.2) is 14.6 Å². The molecule has 6 nitrogen and oxygen atoms in total. The minimum Gasteiger partial charge on any atom is -0.314 e. The van der Waals surface area contributed by atoms with E-state index in [0.717, 1.165) is 10.7 Å². The van der Waals surface area contributed by atoms with Crippen LogP contribution in [-0.2, 0) is 4.79 Å². The van der Waals surface area contributed by atoms with Crippen molar-refractivity contribution < 1.29 is 4.79 Å². The van der Waals surface area contributed by atoms with Crippen LogP contribution < -0.4 is 5.32 Å². The Kier molecular flexibility index (Phi) is 2.83. The average Bonchev–Trinajstić information content (AvgIpc) is 2.91. The van der Waals surface area contributed by atoms with E-state index in [1.165, 1.54) is 35.2 Å². The van der Waals surface area contributed by atoms with Crippen LogP contribution in [0.4, 0.5) is 5.00 Å². The first-order valence-corrected chi connectivity index (χ1v) is 6.72. The molecular weight excluding hydrogens is 250 g/mol. The van der Waals surface area contributed by atoms with Crippen LogP contribution in [0, 0.1) is 0 Å². The van der Waals surface area contributed by atoms with Crippen molar-refractivity contribution in [3.63, 3.8) is 0 Å². The summed E-state index contributed by atoms with van der Waals surface area (Å²) in [4.78, 5) is 20.2. The fourth-order valence-electron chi connectivity index (χ4n) is 1.75. The summed E-state index contributed by atoms with van der Waals surface area (Å²) in [6.07, 6.45) is 5.31. The first kappa shape index (κ1) is 11.3. The summed E-state index contributed by atoms with van der Waals surface area (Å²) in [5.41, 5.74) is 2.81. The van der Waals surface area contributed by atoms with Gasteiger partial charge in [-0.15, -0.1) is 11.3 Å². The Labute approximate surface area is 108 Å². The Morgan fingerprint density at radius 2 is 2.44 bits per heavy atom. The van der Waals surface area contributed by atoms with Crippen molar-refractivity contribution in [2.75, 3.05) is 5.32 Å². The van der Waals surface area contributed by atoms with E-state index in [0.29, 0.717) is 5.92 Å². The van der Waals surface area contributed by atoms with E-state index in [9.17, 15) is 4.79 Å². The van der Waals surface area contributed by atoms with Crippen molar-refractivity contribution in [3.05, 3.63) is 23.9 Å². The maximum Gasteiger partial charge on any atom is 0.249 e. The summed E-state index contributed by atoms with van der Waals surface area (Å²) < 4.78 is 1.53. The minimum absolute atomic E-state index is 0.0911. The molecule has 18 heavy (non-hydrogen) atoms. The van der Waals surface area contributed by atoms with Gasteiger partial charge in [-0.3, -0.25) is 4.79 Å². The predicted octanol–water partition coefficient (Wildman–Crippen LogP) is 1.81. The van der Waals surface area contributed by atoms with Crippen LogP contribution in [0.1, 0.15) is 37.4 Å². The second kappa shape index (κ2) is 4.49. The van der Waals surface area contributed by atoms with Crippen molar-refractivity contribution in [1.82, 2.24) is 19.7 Å². The van der Waals surface area contributed by atoms with Gasteiger partial charge < -0.3 is 5.32 Å². The van der Waals surface area contributed by atoms with Gasteiger partial charge in [-0.2, -0.15) is 5.10 Å². The highest BCUT2D eigenvalue weighted by atomic mass is 32.1. The Morgan fingerprint density at radius 3 is 3.11 bits per heavy atom. The Balaban J connectivity index is 1.72. The van der Waals surface area contributed by atoms with Crippen molar-refractivity contribution in [2.45, 2.75) is 31.7 Å². The summed E-state index contributed by atoms with van der Waals surface area (Å²) >= 11 is 1.47. The molecule has 1 fully saturated rings. The van der Waals surface area contributed by atoms with Gasteiger partial charge in [0.15, 0.2) is 0 Å². The van der Waals surface area contributed by atoms with Crippen LogP contribution >= 0.6 is 11.3 Å². The lowest BCUT2D eigenvalue weighted by Crippen LogP contribution is -2.24. The van der Waals surface area contributed by atoms with Gasteiger partial charge in [0.05, 0.1) is 11.2 Å². The number of nitrogens with zero attached hydrogens (tertiary/aromatic N) is 4. The summed E-state index contributed by atoms with van der Waals surface area (Å²) in [7, 11) is 0. The van der Waals surface area contributed by atoms with Gasteiger partial charge in [-0.05, 0) is 19.8 Å². The molecule has 1 atom stereocenters. The third kappa shape index (κ3) is 2.13. The summed E-state index contributed by atoms with van der Waals surface area (Å²) in [6, 6.07) is -0.373. The molecule has 0 saturated heterocycles. The zero-order valence-corrected chi connectivity index (χ0v) is 10.7. The predicted molar refractivity (Wildman–Crippen MR) is 67.5 cm³/mol. The highest BCUT2D eigenvalue weighted by Crippen LogP contribution is 2.43. The van der Waals surface area contributed by atoms with Crippen LogP contribution in [0.2, 0.25) is 0 Å². The highest BCUT2D eigenvalue weighted by Gasteiger charge is 2.29. The monoisotopic (exact) mass is 263 g/mol. The molecule has 2 aromatic rings. The second-order valence-corrected chi connectivity index (χ2v) is 5.24. The molecule has 0 unspecified atom stereocenters. The van der Waals surface area contributed by atoms with Gasteiger partial charge in [0.25, 0.3) is 0 Å². The molecule has 1 aliphatic carbocycles. The van der Waals surface area contributed by atoms with Gasteiger partial charge in [-0.1, -0.05) is 0 Å². The lowest BCUT2D eigenvalue weighted by Gasteiger charge is -2.11. The summed E-state index contributed by atoms with van der Waals surface area (Å²) in [5.74, 6) is 0.444.